The van der Waals surface area contributed by atoms with Crippen molar-refractivity contribution in [3.63, 3.8) is 0 Å². The molecule has 0 aliphatic heterocycles. The quantitative estimate of drug-likeness (QED) is 0.654. The van der Waals surface area contributed by atoms with Gasteiger partial charge in [0.05, 0.1) is 13.5 Å². The van der Waals surface area contributed by atoms with Gasteiger partial charge in [-0.05, 0) is 24.3 Å². The van der Waals surface area contributed by atoms with E-state index in [0.29, 0.717) is 7.11 Å². The van der Waals surface area contributed by atoms with Crippen LogP contribution in [0.15, 0.2) is 24.3 Å². The first-order valence-corrected chi connectivity index (χ1v) is 5.53. The largest absolute Gasteiger partial charge is 0.467 e. The van der Waals surface area contributed by atoms with Crippen LogP contribution in [-0.4, -0.2) is 35.9 Å². The van der Waals surface area contributed by atoms with Gasteiger partial charge in [-0.15, -0.1) is 0 Å². The smallest absolute Gasteiger partial charge is 0.428 e. The Labute approximate surface area is 116 Å². The van der Waals surface area contributed by atoms with E-state index in [-0.39, 0.29) is 5.69 Å². The monoisotopic (exact) mass is 309 g/mol. The number of esters is 1. The topological polar surface area (TPSA) is 75.6 Å². The Bertz CT molecular complexity index is 529. The highest BCUT2D eigenvalue weighted by Crippen LogP contribution is 2.34. The van der Waals surface area contributed by atoms with Crippen LogP contribution < -0.4 is 5.32 Å². The van der Waals surface area contributed by atoms with Crippen LogP contribution in [0.4, 0.5) is 23.2 Å². The molecular formula is C12H11F4NO4. The Hall–Kier alpha value is -2.16. The first-order chi connectivity index (χ1) is 9.60. The van der Waals surface area contributed by atoms with Gasteiger partial charge >= 0.3 is 12.1 Å². The number of rotatable bonds is 4. The van der Waals surface area contributed by atoms with E-state index in [1.54, 1.807) is 0 Å². The number of hydrogen-bond donors (Lipinski definition) is 2. The van der Waals surface area contributed by atoms with Gasteiger partial charge in [0.25, 0.3) is 5.60 Å². The van der Waals surface area contributed by atoms with Gasteiger partial charge in [0, 0.05) is 5.69 Å². The molecule has 0 unspecified atom stereocenters. The number of aliphatic hydroxyl groups is 1. The lowest BCUT2D eigenvalue weighted by Gasteiger charge is -2.26. The number of halogens is 4. The SMILES string of the molecule is COC(=O)[C@](O)(CC(=O)Nc1ccc(F)cc1)C(F)(F)F. The van der Waals surface area contributed by atoms with Gasteiger partial charge in [0.15, 0.2) is 0 Å². The fraction of sp³-hybridized carbons (Fsp3) is 0.333. The van der Waals surface area contributed by atoms with Gasteiger partial charge in [-0.2, -0.15) is 13.2 Å². The Morgan fingerprint density at radius 2 is 1.76 bits per heavy atom. The average molecular weight is 309 g/mol. The van der Waals surface area contributed by atoms with Crippen molar-refractivity contribution in [3.8, 4) is 0 Å². The molecule has 116 valence electrons. The lowest BCUT2D eigenvalue weighted by Crippen LogP contribution is -2.54. The fourth-order valence-corrected chi connectivity index (χ4v) is 1.43. The first kappa shape index (κ1) is 16.9. The number of amides is 1. The number of alkyl halides is 3. The Morgan fingerprint density at radius 3 is 2.19 bits per heavy atom. The number of methoxy groups -OCH3 is 1. The van der Waals surface area contributed by atoms with Gasteiger partial charge in [-0.25, -0.2) is 9.18 Å². The number of carbonyl (C=O) groups excluding carboxylic acids is 2. The van der Waals surface area contributed by atoms with Crippen molar-refractivity contribution in [3.05, 3.63) is 30.1 Å². The summed E-state index contributed by atoms with van der Waals surface area (Å²) >= 11 is 0. The van der Waals surface area contributed by atoms with Gasteiger partial charge < -0.3 is 15.2 Å². The molecule has 1 aromatic rings. The highest BCUT2D eigenvalue weighted by atomic mass is 19.4. The second kappa shape index (κ2) is 6.08. The van der Waals surface area contributed by atoms with Gasteiger partial charge in [0.2, 0.25) is 5.91 Å². The standard InChI is InChI=1S/C12H11F4NO4/c1-21-10(19)11(20,12(14,15)16)6-9(18)17-8-4-2-7(13)3-5-8/h2-5,20H,6H2,1H3,(H,17,18)/t11-/m1/s1. The number of ether oxygens (including phenoxy) is 1. The molecule has 1 aromatic carbocycles. The maximum absolute atomic E-state index is 12.7. The molecule has 2 N–H and O–H groups in total. The Balaban J connectivity index is 2.87. The van der Waals surface area contributed by atoms with Crippen LogP contribution in [-0.2, 0) is 14.3 Å². The summed E-state index contributed by atoms with van der Waals surface area (Å²) in [7, 11) is 0.650. The lowest BCUT2D eigenvalue weighted by molar-refractivity contribution is -0.261. The molecule has 1 rings (SSSR count). The van der Waals surface area contributed by atoms with E-state index in [1.165, 1.54) is 0 Å². The summed E-state index contributed by atoms with van der Waals surface area (Å²) in [5.41, 5.74) is -3.94. The molecule has 21 heavy (non-hydrogen) atoms. The maximum atomic E-state index is 12.7. The third kappa shape index (κ3) is 3.91. The molecule has 0 radical (unpaired) electrons. The second-order valence-electron chi connectivity index (χ2n) is 4.08. The molecule has 0 aliphatic rings. The van der Waals surface area contributed by atoms with Crippen molar-refractivity contribution < 1.29 is 37.0 Å². The van der Waals surface area contributed by atoms with Crippen LogP contribution >= 0.6 is 0 Å². The summed E-state index contributed by atoms with van der Waals surface area (Å²) in [6.07, 6.45) is -6.97. The predicted molar refractivity (Wildman–Crippen MR) is 62.7 cm³/mol. The van der Waals surface area contributed by atoms with Crippen LogP contribution in [0.3, 0.4) is 0 Å². The van der Waals surface area contributed by atoms with Crippen molar-refractivity contribution in [2.45, 2.75) is 18.2 Å². The number of carbonyl (C=O) groups is 2. The fourth-order valence-electron chi connectivity index (χ4n) is 1.43. The Morgan fingerprint density at radius 1 is 1.24 bits per heavy atom. The van der Waals surface area contributed by atoms with Crippen molar-refractivity contribution in [1.82, 2.24) is 0 Å². The molecule has 0 bridgehead atoms. The van der Waals surface area contributed by atoms with E-state index in [9.17, 15) is 32.3 Å². The minimum Gasteiger partial charge on any atom is -0.467 e. The summed E-state index contributed by atoms with van der Waals surface area (Å²) in [5.74, 6) is -3.88. The van der Waals surface area contributed by atoms with E-state index in [2.05, 4.69) is 4.74 Å². The molecule has 1 amide bonds. The maximum Gasteiger partial charge on any atom is 0.428 e. The molecule has 0 saturated heterocycles. The first-order valence-electron chi connectivity index (χ1n) is 5.53. The molecule has 5 nitrogen and oxygen atoms in total. The molecule has 1 atom stereocenters. The van der Waals surface area contributed by atoms with Crippen molar-refractivity contribution in [1.29, 1.82) is 0 Å². The lowest BCUT2D eigenvalue weighted by atomic mass is 9.98. The number of anilines is 1. The normalized spacial score (nSPS) is 14.2. The summed E-state index contributed by atoms with van der Waals surface area (Å²) in [6.45, 7) is 0. The van der Waals surface area contributed by atoms with E-state index in [0.717, 1.165) is 24.3 Å². The van der Waals surface area contributed by atoms with Crippen LogP contribution in [0.5, 0.6) is 0 Å². The highest BCUT2D eigenvalue weighted by molar-refractivity contribution is 5.95. The molecule has 0 spiro atoms. The minimum absolute atomic E-state index is 0.00999. The van der Waals surface area contributed by atoms with Crippen LogP contribution in [0.25, 0.3) is 0 Å². The van der Waals surface area contributed by atoms with Crippen molar-refractivity contribution in [2.24, 2.45) is 0 Å². The summed E-state index contributed by atoms with van der Waals surface area (Å²) in [4.78, 5) is 22.6. The Kier molecular flexibility index (Phi) is 4.89. The molecule has 0 heterocycles. The minimum atomic E-state index is -5.39. The zero-order chi connectivity index (χ0) is 16.3. The zero-order valence-corrected chi connectivity index (χ0v) is 10.7. The summed E-state index contributed by atoms with van der Waals surface area (Å²) < 4.78 is 54.7. The zero-order valence-electron chi connectivity index (χ0n) is 10.7. The molecule has 9 heteroatoms. The number of benzene rings is 1. The number of nitrogens with one attached hydrogen (secondary N) is 1. The van der Waals surface area contributed by atoms with Gasteiger partial charge in [0.1, 0.15) is 5.82 Å². The molecule has 0 aliphatic carbocycles. The third-order valence-electron chi connectivity index (χ3n) is 2.54. The van der Waals surface area contributed by atoms with E-state index in [1.807, 2.05) is 5.32 Å². The molecule has 0 aromatic heterocycles. The number of hydrogen-bond acceptors (Lipinski definition) is 4. The summed E-state index contributed by atoms with van der Waals surface area (Å²) in [6, 6.07) is 4.17. The predicted octanol–water partition coefficient (Wildman–Crippen LogP) is 1.62. The van der Waals surface area contributed by atoms with Crippen LogP contribution in [0.1, 0.15) is 6.42 Å². The average Bonchev–Trinajstić information content (AvgIpc) is 2.38. The molecule has 0 saturated carbocycles. The van der Waals surface area contributed by atoms with E-state index >= 15 is 0 Å². The van der Waals surface area contributed by atoms with E-state index in [4.69, 9.17) is 0 Å². The van der Waals surface area contributed by atoms with Crippen molar-refractivity contribution in [2.75, 3.05) is 12.4 Å². The van der Waals surface area contributed by atoms with Crippen molar-refractivity contribution >= 4 is 17.6 Å². The van der Waals surface area contributed by atoms with E-state index < -0.39 is 35.9 Å². The van der Waals surface area contributed by atoms with Crippen LogP contribution in [0, 0.1) is 5.82 Å². The summed E-state index contributed by atoms with van der Waals surface area (Å²) in [5, 5.41) is 11.4. The highest BCUT2D eigenvalue weighted by Gasteiger charge is 2.61. The second-order valence-corrected chi connectivity index (χ2v) is 4.08. The third-order valence-corrected chi connectivity index (χ3v) is 2.54. The van der Waals surface area contributed by atoms with Crippen LogP contribution in [0.2, 0.25) is 0 Å². The molecular weight excluding hydrogens is 298 g/mol. The van der Waals surface area contributed by atoms with Gasteiger partial charge in [-0.1, -0.05) is 0 Å². The van der Waals surface area contributed by atoms with Gasteiger partial charge in [-0.3, -0.25) is 4.79 Å². The molecule has 0 fully saturated rings.